The number of ether oxygens (including phenoxy) is 1. The Morgan fingerprint density at radius 2 is 2.00 bits per heavy atom. The number of aliphatic hydroxyl groups excluding tert-OH is 2. The summed E-state index contributed by atoms with van der Waals surface area (Å²) in [5.74, 6) is -0.473. The van der Waals surface area contributed by atoms with Crippen molar-refractivity contribution < 1.29 is 19.7 Å². The Balaban J connectivity index is 3.77. The molecule has 0 aromatic heterocycles. The quantitative estimate of drug-likeness (QED) is 0.363. The Hall–Kier alpha value is -1.13. The minimum absolute atomic E-state index is 0.0890. The lowest BCUT2D eigenvalue weighted by Gasteiger charge is -2.11. The highest BCUT2D eigenvalue weighted by molar-refractivity contribution is 5.69. The summed E-state index contributed by atoms with van der Waals surface area (Å²) in [6.07, 6.45) is 10.4. The number of carbonyl (C=O) groups is 1. The van der Waals surface area contributed by atoms with Crippen molar-refractivity contribution in [1.82, 2.24) is 0 Å². The highest BCUT2D eigenvalue weighted by Gasteiger charge is 2.13. The fraction of sp³-hybridized carbons (Fsp3) is 0.667. The molecule has 110 valence electrons. The molecule has 0 aromatic carbocycles. The van der Waals surface area contributed by atoms with Gasteiger partial charge >= 0.3 is 5.97 Å². The van der Waals surface area contributed by atoms with E-state index in [1.807, 2.05) is 6.08 Å². The van der Waals surface area contributed by atoms with Gasteiger partial charge in [0.1, 0.15) is 0 Å². The lowest BCUT2D eigenvalue weighted by Crippen LogP contribution is -2.20. The maximum Gasteiger partial charge on any atom is 0.308 e. The summed E-state index contributed by atoms with van der Waals surface area (Å²) in [7, 11) is 1.27. The monoisotopic (exact) mass is 270 g/mol. The van der Waals surface area contributed by atoms with E-state index in [4.69, 9.17) is 0 Å². The second-order valence-electron chi connectivity index (χ2n) is 4.55. The normalized spacial score (nSPS) is 14.9. The SMILES string of the molecule is CCCCC/C=C/C=C/[C@H](O)C[C@H](O)CC(=O)OC. The molecule has 0 aromatic rings. The van der Waals surface area contributed by atoms with Gasteiger partial charge in [-0.2, -0.15) is 0 Å². The summed E-state index contributed by atoms with van der Waals surface area (Å²) in [4.78, 5) is 10.9. The smallest absolute Gasteiger partial charge is 0.308 e. The number of aliphatic hydroxyl groups is 2. The number of hydrogen-bond acceptors (Lipinski definition) is 4. The second-order valence-corrected chi connectivity index (χ2v) is 4.55. The molecular weight excluding hydrogens is 244 g/mol. The van der Waals surface area contributed by atoms with Crippen LogP contribution in [0.3, 0.4) is 0 Å². The molecule has 0 aliphatic heterocycles. The lowest BCUT2D eigenvalue weighted by atomic mass is 10.1. The van der Waals surface area contributed by atoms with Crippen molar-refractivity contribution in [3.63, 3.8) is 0 Å². The van der Waals surface area contributed by atoms with E-state index in [1.54, 1.807) is 12.2 Å². The van der Waals surface area contributed by atoms with Crippen molar-refractivity contribution >= 4 is 5.97 Å². The Kier molecular flexibility index (Phi) is 11.2. The van der Waals surface area contributed by atoms with Gasteiger partial charge in [0.15, 0.2) is 0 Å². The van der Waals surface area contributed by atoms with E-state index in [9.17, 15) is 15.0 Å². The van der Waals surface area contributed by atoms with Crippen LogP contribution in [0, 0.1) is 0 Å². The number of unbranched alkanes of at least 4 members (excludes halogenated alkanes) is 3. The van der Waals surface area contributed by atoms with E-state index in [1.165, 1.54) is 26.4 Å². The molecule has 0 aliphatic carbocycles. The molecule has 0 radical (unpaired) electrons. The Morgan fingerprint density at radius 3 is 2.63 bits per heavy atom. The molecule has 0 spiro atoms. The first-order valence-corrected chi connectivity index (χ1v) is 6.86. The zero-order valence-corrected chi connectivity index (χ0v) is 11.9. The number of methoxy groups -OCH3 is 1. The number of hydrogen-bond donors (Lipinski definition) is 2. The maximum absolute atomic E-state index is 10.9. The Labute approximate surface area is 115 Å². The molecular formula is C15H26O4. The fourth-order valence-corrected chi connectivity index (χ4v) is 1.60. The minimum Gasteiger partial charge on any atom is -0.469 e. The van der Waals surface area contributed by atoms with Crippen LogP contribution in [0.1, 0.15) is 45.4 Å². The number of rotatable bonds is 10. The zero-order chi connectivity index (χ0) is 14.5. The van der Waals surface area contributed by atoms with Crippen molar-refractivity contribution in [3.05, 3.63) is 24.3 Å². The van der Waals surface area contributed by atoms with Gasteiger partial charge in [0.25, 0.3) is 0 Å². The lowest BCUT2D eigenvalue weighted by molar-refractivity contribution is -0.143. The van der Waals surface area contributed by atoms with Gasteiger partial charge in [-0.15, -0.1) is 0 Å². The largest absolute Gasteiger partial charge is 0.469 e. The van der Waals surface area contributed by atoms with Crippen molar-refractivity contribution in [3.8, 4) is 0 Å². The third kappa shape index (κ3) is 11.7. The molecule has 0 saturated heterocycles. The third-order valence-electron chi connectivity index (χ3n) is 2.70. The molecule has 0 rings (SSSR count). The predicted molar refractivity (Wildman–Crippen MR) is 75.7 cm³/mol. The van der Waals surface area contributed by atoms with E-state index in [-0.39, 0.29) is 12.8 Å². The maximum atomic E-state index is 10.9. The van der Waals surface area contributed by atoms with Crippen molar-refractivity contribution in [2.75, 3.05) is 7.11 Å². The van der Waals surface area contributed by atoms with E-state index >= 15 is 0 Å². The molecule has 0 amide bonds. The van der Waals surface area contributed by atoms with Gasteiger partial charge in [-0.1, -0.05) is 44.1 Å². The Morgan fingerprint density at radius 1 is 1.26 bits per heavy atom. The summed E-state index contributed by atoms with van der Waals surface area (Å²) in [6.45, 7) is 2.17. The van der Waals surface area contributed by atoms with Crippen LogP contribution in [0.2, 0.25) is 0 Å². The second kappa shape index (κ2) is 11.9. The van der Waals surface area contributed by atoms with Crippen molar-refractivity contribution in [2.24, 2.45) is 0 Å². The van der Waals surface area contributed by atoms with E-state index in [0.29, 0.717) is 0 Å². The molecule has 0 saturated carbocycles. The highest BCUT2D eigenvalue weighted by Crippen LogP contribution is 2.05. The van der Waals surface area contributed by atoms with Gasteiger partial charge in [0.2, 0.25) is 0 Å². The summed E-state index contributed by atoms with van der Waals surface area (Å²) < 4.78 is 4.44. The van der Waals surface area contributed by atoms with Gasteiger partial charge in [0.05, 0.1) is 25.7 Å². The fourth-order valence-electron chi connectivity index (χ4n) is 1.60. The molecule has 2 N–H and O–H groups in total. The first-order valence-electron chi connectivity index (χ1n) is 6.86. The number of allylic oxidation sites excluding steroid dienone is 3. The highest BCUT2D eigenvalue weighted by atomic mass is 16.5. The average molecular weight is 270 g/mol. The number of esters is 1. The van der Waals surface area contributed by atoms with Crippen LogP contribution < -0.4 is 0 Å². The van der Waals surface area contributed by atoms with Gasteiger partial charge in [-0.05, 0) is 12.8 Å². The minimum atomic E-state index is -0.874. The summed E-state index contributed by atoms with van der Waals surface area (Å²) in [5, 5.41) is 19.1. The molecule has 2 atom stereocenters. The molecule has 19 heavy (non-hydrogen) atoms. The average Bonchev–Trinajstić information content (AvgIpc) is 2.37. The third-order valence-corrected chi connectivity index (χ3v) is 2.70. The van der Waals surface area contributed by atoms with Crippen LogP contribution in [-0.2, 0) is 9.53 Å². The van der Waals surface area contributed by atoms with E-state index in [2.05, 4.69) is 17.7 Å². The van der Waals surface area contributed by atoms with Gasteiger partial charge < -0.3 is 14.9 Å². The van der Waals surface area contributed by atoms with Crippen LogP contribution in [0.15, 0.2) is 24.3 Å². The van der Waals surface area contributed by atoms with Gasteiger partial charge in [0, 0.05) is 6.42 Å². The number of carbonyl (C=O) groups excluding carboxylic acids is 1. The molecule has 0 fully saturated rings. The first-order chi connectivity index (χ1) is 9.10. The van der Waals surface area contributed by atoms with Gasteiger partial charge in [-0.25, -0.2) is 0 Å². The molecule has 0 aliphatic rings. The summed E-state index contributed by atoms with van der Waals surface area (Å²) >= 11 is 0. The van der Waals surface area contributed by atoms with E-state index in [0.717, 1.165) is 6.42 Å². The van der Waals surface area contributed by atoms with Crippen LogP contribution in [0.25, 0.3) is 0 Å². The van der Waals surface area contributed by atoms with Gasteiger partial charge in [-0.3, -0.25) is 4.79 Å². The van der Waals surface area contributed by atoms with Crippen LogP contribution in [-0.4, -0.2) is 35.5 Å². The van der Waals surface area contributed by atoms with Crippen molar-refractivity contribution in [1.29, 1.82) is 0 Å². The van der Waals surface area contributed by atoms with Crippen LogP contribution in [0.5, 0.6) is 0 Å². The topological polar surface area (TPSA) is 66.8 Å². The molecule has 0 bridgehead atoms. The standard InChI is InChI=1S/C15H26O4/c1-3-4-5-6-7-8-9-10-13(16)11-14(17)12-15(18)19-2/h7-10,13-14,16-17H,3-6,11-12H2,1-2H3/b8-7+,10-9+/t13-,14-/m0/s1. The molecule has 0 heterocycles. The van der Waals surface area contributed by atoms with Crippen molar-refractivity contribution in [2.45, 2.75) is 57.7 Å². The van der Waals surface area contributed by atoms with Crippen LogP contribution in [0.4, 0.5) is 0 Å². The molecule has 0 unspecified atom stereocenters. The van der Waals surface area contributed by atoms with E-state index < -0.39 is 18.2 Å². The van der Waals surface area contributed by atoms with Crippen LogP contribution >= 0.6 is 0 Å². The summed E-state index contributed by atoms with van der Waals surface area (Å²) in [5.41, 5.74) is 0. The zero-order valence-electron chi connectivity index (χ0n) is 11.9. The predicted octanol–water partition coefficient (Wildman–Crippen LogP) is 2.35. The molecule has 4 nitrogen and oxygen atoms in total. The Bertz CT molecular complexity index is 284. The summed E-state index contributed by atoms with van der Waals surface area (Å²) in [6, 6.07) is 0. The molecule has 4 heteroatoms. The first kappa shape index (κ1) is 17.9.